The minimum absolute atomic E-state index is 0.211. The fraction of sp³-hybridized carbons (Fsp3) is 0.250. The third-order valence-corrected chi connectivity index (χ3v) is 3.49. The molecule has 0 radical (unpaired) electrons. The van der Waals surface area contributed by atoms with Crippen molar-refractivity contribution in [1.29, 1.82) is 0 Å². The Hall–Kier alpha value is -1.36. The number of alkyl halides is 3. The van der Waals surface area contributed by atoms with Crippen LogP contribution in [0.25, 0.3) is 10.4 Å². The van der Waals surface area contributed by atoms with Gasteiger partial charge in [-0.2, -0.15) is 13.2 Å². The fourth-order valence-corrected chi connectivity index (χ4v) is 2.67. The first kappa shape index (κ1) is 12.1. The normalized spacial score (nSPS) is 11.8. The van der Waals surface area contributed by atoms with E-state index in [2.05, 4.69) is 4.98 Å². The third-order valence-electron chi connectivity index (χ3n) is 2.38. The Labute approximate surface area is 101 Å². The van der Waals surface area contributed by atoms with Gasteiger partial charge in [0.2, 0.25) is 0 Å². The van der Waals surface area contributed by atoms with Crippen molar-refractivity contribution in [2.75, 3.05) is 0 Å². The molecule has 1 aromatic carbocycles. The van der Waals surface area contributed by atoms with E-state index in [1.165, 1.54) is 23.5 Å². The molecule has 1 nitrogen and oxygen atoms in total. The molecule has 0 bridgehead atoms. The zero-order valence-electron chi connectivity index (χ0n) is 9.30. The first-order chi connectivity index (χ1) is 7.89. The summed E-state index contributed by atoms with van der Waals surface area (Å²) in [5.41, 5.74) is 0.249. The SMILES string of the molecule is Cc1nc(C)c(-c2ccccc2C(F)(F)F)s1. The van der Waals surface area contributed by atoms with Gasteiger partial charge < -0.3 is 0 Å². The average Bonchev–Trinajstić information content (AvgIpc) is 2.56. The lowest BCUT2D eigenvalue weighted by atomic mass is 10.0. The molecule has 0 aliphatic heterocycles. The van der Waals surface area contributed by atoms with Crippen LogP contribution in [0.5, 0.6) is 0 Å². The topological polar surface area (TPSA) is 12.9 Å². The molecule has 0 atom stereocenters. The molecule has 2 rings (SSSR count). The quantitative estimate of drug-likeness (QED) is 0.735. The van der Waals surface area contributed by atoms with Gasteiger partial charge in [0.15, 0.2) is 0 Å². The van der Waals surface area contributed by atoms with Crippen LogP contribution in [0.2, 0.25) is 0 Å². The minimum Gasteiger partial charge on any atom is -0.246 e. The van der Waals surface area contributed by atoms with E-state index in [0.717, 1.165) is 11.1 Å². The van der Waals surface area contributed by atoms with Gasteiger partial charge >= 0.3 is 6.18 Å². The van der Waals surface area contributed by atoms with Gasteiger partial charge in [-0.05, 0) is 19.9 Å². The predicted octanol–water partition coefficient (Wildman–Crippen LogP) is 4.45. The van der Waals surface area contributed by atoms with Gasteiger partial charge in [-0.25, -0.2) is 4.98 Å². The summed E-state index contributed by atoms with van der Waals surface area (Å²) >= 11 is 1.29. The maximum absolute atomic E-state index is 12.9. The number of nitrogens with zero attached hydrogens (tertiary/aromatic N) is 1. The molecule has 5 heteroatoms. The van der Waals surface area contributed by atoms with E-state index >= 15 is 0 Å². The van der Waals surface area contributed by atoms with Crippen molar-refractivity contribution in [1.82, 2.24) is 4.98 Å². The molecule has 1 heterocycles. The van der Waals surface area contributed by atoms with Gasteiger partial charge in [0.1, 0.15) is 0 Å². The molecular formula is C12H10F3NS. The second-order valence-electron chi connectivity index (χ2n) is 3.69. The van der Waals surface area contributed by atoms with Crippen LogP contribution < -0.4 is 0 Å². The maximum atomic E-state index is 12.9. The first-order valence-electron chi connectivity index (χ1n) is 5.00. The van der Waals surface area contributed by atoms with Crippen LogP contribution in [0.1, 0.15) is 16.3 Å². The van der Waals surface area contributed by atoms with Gasteiger partial charge in [-0.1, -0.05) is 18.2 Å². The lowest BCUT2D eigenvalue weighted by molar-refractivity contribution is -0.137. The highest BCUT2D eigenvalue weighted by Crippen LogP contribution is 2.39. The number of benzene rings is 1. The van der Waals surface area contributed by atoms with Crippen LogP contribution in [0.3, 0.4) is 0 Å². The lowest BCUT2D eigenvalue weighted by Crippen LogP contribution is -2.06. The second kappa shape index (κ2) is 4.14. The fourth-order valence-electron chi connectivity index (χ4n) is 1.71. The Morgan fingerprint density at radius 3 is 2.29 bits per heavy atom. The number of thiazole rings is 1. The van der Waals surface area contributed by atoms with Crippen LogP contribution >= 0.6 is 11.3 Å². The van der Waals surface area contributed by atoms with Crippen LogP contribution in [0.4, 0.5) is 13.2 Å². The Bertz CT molecular complexity index is 543. The summed E-state index contributed by atoms with van der Waals surface area (Å²) in [5.74, 6) is 0. The molecule has 1 aromatic heterocycles. The molecule has 0 unspecified atom stereocenters. The van der Waals surface area contributed by atoms with E-state index in [1.807, 2.05) is 0 Å². The van der Waals surface area contributed by atoms with Gasteiger partial charge in [-0.3, -0.25) is 0 Å². The number of aromatic nitrogens is 1. The molecule has 2 aromatic rings. The van der Waals surface area contributed by atoms with E-state index < -0.39 is 11.7 Å². The maximum Gasteiger partial charge on any atom is 0.417 e. The summed E-state index contributed by atoms with van der Waals surface area (Å²) in [4.78, 5) is 4.75. The van der Waals surface area contributed by atoms with E-state index in [1.54, 1.807) is 19.9 Å². The Balaban J connectivity index is 2.64. The number of hydrogen-bond acceptors (Lipinski definition) is 2. The van der Waals surface area contributed by atoms with Crippen molar-refractivity contribution in [2.24, 2.45) is 0 Å². The molecule has 0 amide bonds. The van der Waals surface area contributed by atoms with Crippen molar-refractivity contribution in [3.63, 3.8) is 0 Å². The molecule has 0 aliphatic rings. The van der Waals surface area contributed by atoms with Gasteiger partial charge in [0.25, 0.3) is 0 Å². The van der Waals surface area contributed by atoms with Crippen LogP contribution in [-0.2, 0) is 6.18 Å². The summed E-state index contributed by atoms with van der Waals surface area (Å²) in [5, 5.41) is 0.773. The molecule has 0 spiro atoms. The first-order valence-corrected chi connectivity index (χ1v) is 5.82. The standard InChI is InChI=1S/C12H10F3NS/c1-7-11(17-8(2)16-7)9-5-3-4-6-10(9)12(13,14)15/h3-6H,1-2H3. The monoisotopic (exact) mass is 257 g/mol. The zero-order valence-corrected chi connectivity index (χ0v) is 10.1. The zero-order chi connectivity index (χ0) is 12.6. The molecular weight excluding hydrogens is 247 g/mol. The van der Waals surface area contributed by atoms with Crippen molar-refractivity contribution >= 4 is 11.3 Å². The molecule has 90 valence electrons. The summed E-state index contributed by atoms with van der Waals surface area (Å²) in [6, 6.07) is 5.60. The van der Waals surface area contributed by atoms with Crippen molar-refractivity contribution < 1.29 is 13.2 Å². The Morgan fingerprint density at radius 2 is 1.76 bits per heavy atom. The van der Waals surface area contributed by atoms with Gasteiger partial charge in [-0.15, -0.1) is 11.3 Å². The smallest absolute Gasteiger partial charge is 0.246 e. The Kier molecular flexibility index (Phi) is 2.95. The lowest BCUT2D eigenvalue weighted by Gasteiger charge is -2.11. The predicted molar refractivity (Wildman–Crippen MR) is 62.0 cm³/mol. The minimum atomic E-state index is -4.33. The van der Waals surface area contributed by atoms with Crippen LogP contribution in [0, 0.1) is 13.8 Å². The van der Waals surface area contributed by atoms with E-state index in [-0.39, 0.29) is 5.56 Å². The molecule has 0 N–H and O–H groups in total. The molecule has 0 aliphatic carbocycles. The highest BCUT2D eigenvalue weighted by Gasteiger charge is 2.34. The molecule has 0 fully saturated rings. The number of rotatable bonds is 1. The van der Waals surface area contributed by atoms with Crippen molar-refractivity contribution in [3.8, 4) is 10.4 Å². The van der Waals surface area contributed by atoms with Gasteiger partial charge in [0.05, 0.1) is 21.1 Å². The summed E-state index contributed by atoms with van der Waals surface area (Å²) in [7, 11) is 0. The summed E-state index contributed by atoms with van der Waals surface area (Å²) in [6.07, 6.45) is -4.33. The Morgan fingerprint density at radius 1 is 1.12 bits per heavy atom. The molecule has 0 saturated heterocycles. The van der Waals surface area contributed by atoms with E-state index in [4.69, 9.17) is 0 Å². The summed E-state index contributed by atoms with van der Waals surface area (Å²) < 4.78 is 38.6. The average molecular weight is 257 g/mol. The van der Waals surface area contributed by atoms with Crippen molar-refractivity contribution in [3.05, 3.63) is 40.5 Å². The van der Waals surface area contributed by atoms with Crippen molar-refractivity contribution in [2.45, 2.75) is 20.0 Å². The van der Waals surface area contributed by atoms with E-state index in [9.17, 15) is 13.2 Å². The number of halogens is 3. The highest BCUT2D eigenvalue weighted by atomic mass is 32.1. The largest absolute Gasteiger partial charge is 0.417 e. The van der Waals surface area contributed by atoms with E-state index in [0.29, 0.717) is 10.6 Å². The number of aryl methyl sites for hydroxylation is 2. The molecule has 17 heavy (non-hydrogen) atoms. The summed E-state index contributed by atoms with van der Waals surface area (Å²) in [6.45, 7) is 3.52. The van der Waals surface area contributed by atoms with Crippen LogP contribution in [-0.4, -0.2) is 4.98 Å². The second-order valence-corrected chi connectivity index (χ2v) is 4.89. The van der Waals surface area contributed by atoms with Crippen LogP contribution in [0.15, 0.2) is 24.3 Å². The molecule has 0 saturated carbocycles. The van der Waals surface area contributed by atoms with Gasteiger partial charge in [0, 0.05) is 5.56 Å². The number of hydrogen-bond donors (Lipinski definition) is 0. The third kappa shape index (κ3) is 2.34. The highest BCUT2D eigenvalue weighted by molar-refractivity contribution is 7.15.